The van der Waals surface area contributed by atoms with Gasteiger partial charge in [0.2, 0.25) is 10.0 Å². The molecule has 1 saturated heterocycles. The molecule has 162 valence electrons. The number of ether oxygens (including phenoxy) is 2. The second-order valence-corrected chi connectivity index (χ2v) is 9.10. The Hall–Kier alpha value is -3.29. The van der Waals surface area contributed by atoms with Crippen molar-refractivity contribution >= 4 is 16.1 Å². The van der Waals surface area contributed by atoms with Crippen LogP contribution in [-0.2, 0) is 16.6 Å². The van der Waals surface area contributed by atoms with Gasteiger partial charge in [-0.1, -0.05) is 6.07 Å². The Morgan fingerprint density at radius 1 is 1.00 bits per heavy atom. The van der Waals surface area contributed by atoms with Crippen LogP contribution in [0, 0.1) is 11.3 Å². The van der Waals surface area contributed by atoms with Gasteiger partial charge in [0.1, 0.15) is 13.2 Å². The van der Waals surface area contributed by atoms with E-state index in [4.69, 9.17) is 14.7 Å². The first kappa shape index (κ1) is 21.0. The Morgan fingerprint density at radius 3 is 2.35 bits per heavy atom. The quantitative estimate of drug-likeness (QED) is 0.769. The van der Waals surface area contributed by atoms with E-state index < -0.39 is 10.0 Å². The van der Waals surface area contributed by atoms with Gasteiger partial charge in [0.25, 0.3) is 0 Å². The van der Waals surface area contributed by atoms with Crippen molar-refractivity contribution < 1.29 is 22.7 Å². The van der Waals surface area contributed by atoms with Crippen molar-refractivity contribution in [3.63, 3.8) is 0 Å². The van der Waals surface area contributed by atoms with Crippen molar-refractivity contribution in [2.45, 2.75) is 11.4 Å². The molecule has 4 rings (SSSR count). The van der Waals surface area contributed by atoms with Gasteiger partial charge in [-0.25, -0.2) is 13.2 Å². The van der Waals surface area contributed by atoms with Crippen LogP contribution >= 0.6 is 0 Å². The van der Waals surface area contributed by atoms with Crippen molar-refractivity contribution in [2.24, 2.45) is 0 Å². The fourth-order valence-corrected chi connectivity index (χ4v) is 4.89. The predicted molar refractivity (Wildman–Crippen MR) is 111 cm³/mol. The van der Waals surface area contributed by atoms with Crippen molar-refractivity contribution in [3.05, 3.63) is 53.6 Å². The van der Waals surface area contributed by atoms with E-state index >= 15 is 0 Å². The largest absolute Gasteiger partial charge is 0.486 e. The number of nitrogens with zero attached hydrogens (tertiary/aromatic N) is 3. The van der Waals surface area contributed by atoms with Gasteiger partial charge in [-0.2, -0.15) is 9.57 Å². The van der Waals surface area contributed by atoms with Crippen LogP contribution in [0.5, 0.6) is 11.5 Å². The summed E-state index contributed by atoms with van der Waals surface area (Å²) in [5.74, 6) is 1.36. The van der Waals surface area contributed by atoms with Gasteiger partial charge in [-0.15, -0.1) is 0 Å². The molecule has 2 aromatic rings. The molecule has 1 fully saturated rings. The Labute approximate surface area is 180 Å². The fourth-order valence-electron chi connectivity index (χ4n) is 3.47. The van der Waals surface area contributed by atoms with Crippen molar-refractivity contribution in [2.75, 3.05) is 39.4 Å². The SMILES string of the molecule is N#Cc1ccc(S(=O)(=O)N2CCN(C(=O)NCc3ccc4c(c3)OCCO4)CC2)cc1. The molecule has 0 atom stereocenters. The topological polar surface area (TPSA) is 112 Å². The highest BCUT2D eigenvalue weighted by molar-refractivity contribution is 7.89. The zero-order valence-corrected chi connectivity index (χ0v) is 17.6. The summed E-state index contributed by atoms with van der Waals surface area (Å²) < 4.78 is 38.0. The maximum absolute atomic E-state index is 12.8. The summed E-state index contributed by atoms with van der Waals surface area (Å²) in [6.45, 7) is 2.36. The van der Waals surface area contributed by atoms with Gasteiger partial charge >= 0.3 is 6.03 Å². The molecule has 2 aliphatic rings. The number of urea groups is 1. The van der Waals surface area contributed by atoms with Gasteiger partial charge in [0.05, 0.1) is 16.5 Å². The molecule has 2 aromatic carbocycles. The average molecular weight is 442 g/mol. The number of carbonyl (C=O) groups excluding carboxylic acids is 1. The summed E-state index contributed by atoms with van der Waals surface area (Å²) in [6, 6.07) is 13.1. The number of hydrogen-bond donors (Lipinski definition) is 1. The first-order valence-corrected chi connectivity index (χ1v) is 11.3. The molecule has 2 aliphatic heterocycles. The van der Waals surface area contributed by atoms with E-state index in [0.717, 1.165) is 5.56 Å². The number of piperazine rings is 1. The Bertz CT molecular complexity index is 1100. The molecule has 0 saturated carbocycles. The van der Waals surface area contributed by atoms with Crippen molar-refractivity contribution in [1.82, 2.24) is 14.5 Å². The summed E-state index contributed by atoms with van der Waals surface area (Å²) in [7, 11) is -3.66. The molecule has 0 spiro atoms. The summed E-state index contributed by atoms with van der Waals surface area (Å²) in [6.07, 6.45) is 0. The number of benzene rings is 2. The average Bonchev–Trinajstić information content (AvgIpc) is 2.82. The summed E-state index contributed by atoms with van der Waals surface area (Å²) >= 11 is 0. The van der Waals surface area contributed by atoms with Crippen molar-refractivity contribution in [3.8, 4) is 17.6 Å². The highest BCUT2D eigenvalue weighted by Gasteiger charge is 2.30. The molecule has 9 nitrogen and oxygen atoms in total. The molecule has 31 heavy (non-hydrogen) atoms. The van der Waals surface area contributed by atoms with E-state index in [1.807, 2.05) is 24.3 Å². The second-order valence-electron chi connectivity index (χ2n) is 7.16. The Kier molecular flexibility index (Phi) is 5.97. The highest BCUT2D eigenvalue weighted by Crippen LogP contribution is 2.30. The molecule has 0 aliphatic carbocycles. The lowest BCUT2D eigenvalue weighted by molar-refractivity contribution is 0.170. The minimum atomic E-state index is -3.66. The van der Waals surface area contributed by atoms with E-state index in [9.17, 15) is 13.2 Å². The fraction of sp³-hybridized carbons (Fsp3) is 0.333. The molecule has 0 aromatic heterocycles. The number of nitrogens with one attached hydrogen (secondary N) is 1. The minimum absolute atomic E-state index is 0.142. The first-order valence-electron chi connectivity index (χ1n) is 9.89. The van der Waals surface area contributed by atoms with E-state index in [1.54, 1.807) is 4.90 Å². The van der Waals surface area contributed by atoms with Crippen LogP contribution in [0.4, 0.5) is 4.79 Å². The predicted octanol–water partition coefficient (Wildman–Crippen LogP) is 1.55. The summed E-state index contributed by atoms with van der Waals surface area (Å²) in [4.78, 5) is 14.3. The highest BCUT2D eigenvalue weighted by atomic mass is 32.2. The van der Waals surface area contributed by atoms with E-state index in [0.29, 0.717) is 49.9 Å². The molecule has 10 heteroatoms. The number of nitriles is 1. The van der Waals surface area contributed by atoms with E-state index in [-0.39, 0.29) is 24.0 Å². The molecule has 0 bridgehead atoms. The zero-order valence-electron chi connectivity index (χ0n) is 16.8. The van der Waals surface area contributed by atoms with Crippen LogP contribution in [0.3, 0.4) is 0 Å². The maximum Gasteiger partial charge on any atom is 0.317 e. The third-order valence-electron chi connectivity index (χ3n) is 5.20. The van der Waals surface area contributed by atoms with Crippen molar-refractivity contribution in [1.29, 1.82) is 5.26 Å². The van der Waals surface area contributed by atoms with Crippen LogP contribution in [0.25, 0.3) is 0 Å². The van der Waals surface area contributed by atoms with Crippen LogP contribution in [0.2, 0.25) is 0 Å². The monoisotopic (exact) mass is 442 g/mol. The van der Waals surface area contributed by atoms with Gasteiger partial charge in [-0.3, -0.25) is 0 Å². The van der Waals surface area contributed by atoms with Gasteiger partial charge in [0.15, 0.2) is 11.5 Å². The van der Waals surface area contributed by atoms with Crippen LogP contribution in [-0.4, -0.2) is 63.0 Å². The number of amides is 2. The van der Waals surface area contributed by atoms with Gasteiger partial charge in [0, 0.05) is 32.7 Å². The summed E-state index contributed by atoms with van der Waals surface area (Å²) in [5.41, 5.74) is 1.29. The molecular weight excluding hydrogens is 420 g/mol. The lowest BCUT2D eigenvalue weighted by atomic mass is 10.2. The lowest BCUT2D eigenvalue weighted by Gasteiger charge is -2.34. The maximum atomic E-state index is 12.8. The molecule has 0 radical (unpaired) electrons. The van der Waals surface area contributed by atoms with Crippen LogP contribution in [0.15, 0.2) is 47.4 Å². The number of carbonyl (C=O) groups is 1. The number of rotatable bonds is 4. The van der Waals surface area contributed by atoms with Crippen LogP contribution in [0.1, 0.15) is 11.1 Å². The molecule has 0 unspecified atom stereocenters. The third kappa shape index (κ3) is 4.57. The van der Waals surface area contributed by atoms with E-state index in [1.165, 1.54) is 28.6 Å². The zero-order chi connectivity index (χ0) is 21.8. The Balaban J connectivity index is 1.31. The molecule has 1 N–H and O–H groups in total. The smallest absolute Gasteiger partial charge is 0.317 e. The molecular formula is C21H22N4O5S. The first-order chi connectivity index (χ1) is 15.0. The van der Waals surface area contributed by atoms with Gasteiger partial charge in [-0.05, 0) is 42.0 Å². The number of fused-ring (bicyclic) bond motifs is 1. The molecule has 2 amide bonds. The normalized spacial score (nSPS) is 16.4. The third-order valence-corrected chi connectivity index (χ3v) is 7.11. The Morgan fingerprint density at radius 2 is 1.68 bits per heavy atom. The summed E-state index contributed by atoms with van der Waals surface area (Å²) in [5, 5.41) is 11.7. The molecule has 2 heterocycles. The van der Waals surface area contributed by atoms with E-state index in [2.05, 4.69) is 5.32 Å². The van der Waals surface area contributed by atoms with Crippen LogP contribution < -0.4 is 14.8 Å². The second kappa shape index (κ2) is 8.83. The number of hydrogen-bond acceptors (Lipinski definition) is 6. The number of sulfonamides is 1. The van der Waals surface area contributed by atoms with Gasteiger partial charge < -0.3 is 19.7 Å². The standard InChI is InChI=1S/C21H22N4O5S/c22-14-16-1-4-18(5-2-16)31(27,28)25-9-7-24(8-10-25)21(26)23-15-17-3-6-19-20(13-17)30-12-11-29-19/h1-6,13H,7-12,15H2,(H,23,26). The minimum Gasteiger partial charge on any atom is -0.486 e. The lowest BCUT2D eigenvalue weighted by Crippen LogP contribution is -2.52.